The summed E-state index contributed by atoms with van der Waals surface area (Å²) >= 11 is 0. The third-order valence-corrected chi connectivity index (χ3v) is 4.66. The lowest BCUT2D eigenvalue weighted by molar-refractivity contribution is 0.166. The van der Waals surface area contributed by atoms with E-state index in [4.69, 9.17) is 0 Å². The molecule has 1 heterocycles. The Morgan fingerprint density at radius 1 is 1.22 bits per heavy atom. The summed E-state index contributed by atoms with van der Waals surface area (Å²) in [6.45, 7) is 4.84. The maximum absolute atomic E-state index is 3.92. The van der Waals surface area contributed by atoms with Gasteiger partial charge >= 0.3 is 0 Å². The fourth-order valence-corrected chi connectivity index (χ4v) is 3.59. The largest absolute Gasteiger partial charge is 0.307 e. The fourth-order valence-electron chi connectivity index (χ4n) is 3.59. The second kappa shape index (κ2) is 5.02. The lowest BCUT2D eigenvalue weighted by Gasteiger charge is -2.37. The molecule has 1 fully saturated rings. The van der Waals surface area contributed by atoms with Gasteiger partial charge in [-0.15, -0.1) is 0 Å². The molecule has 3 atom stereocenters. The van der Waals surface area contributed by atoms with Gasteiger partial charge in [0.25, 0.3) is 0 Å². The van der Waals surface area contributed by atoms with Gasteiger partial charge in [0.05, 0.1) is 0 Å². The second-order valence-electron chi connectivity index (χ2n) is 6.09. The lowest BCUT2D eigenvalue weighted by Crippen LogP contribution is -2.47. The molecule has 1 aliphatic heterocycles. The molecule has 0 spiro atoms. The standard InChI is InChI=1S/C16H24N2/c1-12-11-18(2)10-9-15(12)17-16-8-7-13-5-3-4-6-14(13)16/h3-6,12,15-17H,7-11H2,1-2H3. The van der Waals surface area contributed by atoms with Gasteiger partial charge < -0.3 is 10.2 Å². The first-order chi connectivity index (χ1) is 8.74. The quantitative estimate of drug-likeness (QED) is 0.860. The number of benzene rings is 1. The zero-order valence-corrected chi connectivity index (χ0v) is 11.5. The molecule has 3 rings (SSSR count). The highest BCUT2D eigenvalue weighted by Gasteiger charge is 2.29. The number of hydrogen-bond acceptors (Lipinski definition) is 2. The zero-order valence-electron chi connectivity index (χ0n) is 11.5. The van der Waals surface area contributed by atoms with Crippen molar-refractivity contribution in [2.24, 2.45) is 5.92 Å². The normalized spacial score (nSPS) is 32.4. The van der Waals surface area contributed by atoms with Crippen LogP contribution in [0.4, 0.5) is 0 Å². The van der Waals surface area contributed by atoms with Crippen molar-refractivity contribution in [1.82, 2.24) is 10.2 Å². The number of nitrogens with one attached hydrogen (secondary N) is 1. The van der Waals surface area contributed by atoms with E-state index in [0.717, 1.165) is 5.92 Å². The molecule has 0 radical (unpaired) electrons. The van der Waals surface area contributed by atoms with Gasteiger partial charge in [0.1, 0.15) is 0 Å². The molecule has 2 heteroatoms. The van der Waals surface area contributed by atoms with E-state index in [2.05, 4.69) is 48.5 Å². The van der Waals surface area contributed by atoms with Crippen molar-refractivity contribution in [3.05, 3.63) is 35.4 Å². The Labute approximate surface area is 110 Å². The average Bonchev–Trinajstić information content (AvgIpc) is 2.76. The predicted octanol–water partition coefficient (Wildman–Crippen LogP) is 2.60. The number of hydrogen-bond donors (Lipinski definition) is 1. The molecule has 1 saturated heterocycles. The molecular weight excluding hydrogens is 220 g/mol. The topological polar surface area (TPSA) is 15.3 Å². The Balaban J connectivity index is 1.68. The Hall–Kier alpha value is -0.860. The number of rotatable bonds is 2. The van der Waals surface area contributed by atoms with Gasteiger partial charge in [-0.2, -0.15) is 0 Å². The summed E-state index contributed by atoms with van der Waals surface area (Å²) in [5, 5.41) is 3.92. The summed E-state index contributed by atoms with van der Waals surface area (Å²) in [6, 6.07) is 10.2. The van der Waals surface area contributed by atoms with Crippen molar-refractivity contribution in [3.8, 4) is 0 Å². The smallest absolute Gasteiger partial charge is 0.0328 e. The number of piperidine rings is 1. The van der Waals surface area contributed by atoms with Crippen LogP contribution < -0.4 is 5.32 Å². The molecule has 0 amide bonds. The van der Waals surface area contributed by atoms with Crippen molar-refractivity contribution >= 4 is 0 Å². The SMILES string of the molecule is CC1CN(C)CCC1NC1CCc2ccccc21. The van der Waals surface area contributed by atoms with Crippen LogP contribution in [-0.2, 0) is 6.42 Å². The van der Waals surface area contributed by atoms with Gasteiger partial charge in [0.15, 0.2) is 0 Å². The van der Waals surface area contributed by atoms with Crippen LogP contribution in [0.15, 0.2) is 24.3 Å². The van der Waals surface area contributed by atoms with E-state index in [1.807, 2.05) is 0 Å². The van der Waals surface area contributed by atoms with Crippen LogP contribution in [0.5, 0.6) is 0 Å². The van der Waals surface area contributed by atoms with E-state index in [1.54, 1.807) is 11.1 Å². The third-order valence-electron chi connectivity index (χ3n) is 4.66. The number of fused-ring (bicyclic) bond motifs is 1. The Morgan fingerprint density at radius 3 is 2.89 bits per heavy atom. The Kier molecular flexibility index (Phi) is 3.40. The van der Waals surface area contributed by atoms with Crippen molar-refractivity contribution in [1.29, 1.82) is 0 Å². The fraction of sp³-hybridized carbons (Fsp3) is 0.625. The second-order valence-corrected chi connectivity index (χ2v) is 6.09. The number of nitrogens with zero attached hydrogens (tertiary/aromatic N) is 1. The summed E-state index contributed by atoms with van der Waals surface area (Å²) in [4.78, 5) is 2.45. The van der Waals surface area contributed by atoms with Gasteiger partial charge in [-0.05, 0) is 49.9 Å². The highest BCUT2D eigenvalue weighted by Crippen LogP contribution is 2.32. The molecule has 3 unspecified atom stereocenters. The van der Waals surface area contributed by atoms with E-state index >= 15 is 0 Å². The summed E-state index contributed by atoms with van der Waals surface area (Å²) < 4.78 is 0. The molecule has 1 aliphatic carbocycles. The summed E-state index contributed by atoms with van der Waals surface area (Å²) in [5.41, 5.74) is 3.10. The molecule has 98 valence electrons. The van der Waals surface area contributed by atoms with Crippen LogP contribution in [0.3, 0.4) is 0 Å². The first-order valence-corrected chi connectivity index (χ1v) is 7.26. The number of aryl methyl sites for hydroxylation is 1. The van der Waals surface area contributed by atoms with Crippen LogP contribution in [0.25, 0.3) is 0 Å². The van der Waals surface area contributed by atoms with E-state index in [0.29, 0.717) is 12.1 Å². The molecule has 0 aromatic heterocycles. The van der Waals surface area contributed by atoms with Gasteiger partial charge in [-0.25, -0.2) is 0 Å². The van der Waals surface area contributed by atoms with Crippen molar-refractivity contribution in [2.75, 3.05) is 20.1 Å². The maximum atomic E-state index is 3.92. The molecule has 18 heavy (non-hydrogen) atoms. The molecule has 2 aliphatic rings. The average molecular weight is 244 g/mol. The maximum Gasteiger partial charge on any atom is 0.0328 e. The monoisotopic (exact) mass is 244 g/mol. The molecule has 2 nitrogen and oxygen atoms in total. The molecule has 0 bridgehead atoms. The van der Waals surface area contributed by atoms with E-state index in [1.165, 1.54) is 32.4 Å². The van der Waals surface area contributed by atoms with Crippen molar-refractivity contribution in [2.45, 2.75) is 38.3 Å². The highest BCUT2D eigenvalue weighted by molar-refractivity contribution is 5.34. The Morgan fingerprint density at radius 2 is 2.06 bits per heavy atom. The van der Waals surface area contributed by atoms with Gasteiger partial charge in [0, 0.05) is 18.6 Å². The predicted molar refractivity (Wildman–Crippen MR) is 75.7 cm³/mol. The van der Waals surface area contributed by atoms with Crippen molar-refractivity contribution < 1.29 is 0 Å². The van der Waals surface area contributed by atoms with Crippen molar-refractivity contribution in [3.63, 3.8) is 0 Å². The molecule has 1 aromatic rings. The summed E-state index contributed by atoms with van der Waals surface area (Å²) in [5.74, 6) is 0.761. The molecule has 1 N–H and O–H groups in total. The van der Waals surface area contributed by atoms with E-state index in [-0.39, 0.29) is 0 Å². The van der Waals surface area contributed by atoms with Gasteiger partial charge in [0.2, 0.25) is 0 Å². The summed E-state index contributed by atoms with van der Waals surface area (Å²) in [7, 11) is 2.23. The van der Waals surface area contributed by atoms with Crippen LogP contribution in [0.2, 0.25) is 0 Å². The minimum absolute atomic E-state index is 0.594. The van der Waals surface area contributed by atoms with Crippen LogP contribution in [-0.4, -0.2) is 31.1 Å². The highest BCUT2D eigenvalue weighted by atomic mass is 15.1. The minimum atomic E-state index is 0.594. The van der Waals surface area contributed by atoms with E-state index < -0.39 is 0 Å². The van der Waals surface area contributed by atoms with Gasteiger partial charge in [-0.3, -0.25) is 0 Å². The molecule has 1 aromatic carbocycles. The first-order valence-electron chi connectivity index (χ1n) is 7.26. The minimum Gasteiger partial charge on any atom is -0.307 e. The molecule has 0 saturated carbocycles. The first kappa shape index (κ1) is 12.2. The Bertz CT molecular complexity index is 415. The van der Waals surface area contributed by atoms with E-state index in [9.17, 15) is 0 Å². The van der Waals surface area contributed by atoms with Gasteiger partial charge in [-0.1, -0.05) is 31.2 Å². The third kappa shape index (κ3) is 2.32. The van der Waals surface area contributed by atoms with Crippen LogP contribution in [0, 0.1) is 5.92 Å². The van der Waals surface area contributed by atoms with Crippen LogP contribution in [0.1, 0.15) is 36.9 Å². The number of likely N-dealkylation sites (tertiary alicyclic amines) is 1. The van der Waals surface area contributed by atoms with Crippen LogP contribution >= 0.6 is 0 Å². The zero-order chi connectivity index (χ0) is 12.5. The summed E-state index contributed by atoms with van der Waals surface area (Å²) in [6.07, 6.45) is 3.81. The lowest BCUT2D eigenvalue weighted by atomic mass is 9.93. The molecular formula is C16H24N2.